The highest BCUT2D eigenvalue weighted by molar-refractivity contribution is 14.1. The van der Waals surface area contributed by atoms with Crippen molar-refractivity contribution in [1.29, 1.82) is 0 Å². The summed E-state index contributed by atoms with van der Waals surface area (Å²) < 4.78 is 6.43. The molecule has 0 spiro atoms. The van der Waals surface area contributed by atoms with Gasteiger partial charge in [-0.2, -0.15) is 0 Å². The Balaban J connectivity index is 1.99. The number of nitrogens with zero attached hydrogens (tertiary/aromatic N) is 2. The summed E-state index contributed by atoms with van der Waals surface area (Å²) in [4.78, 5) is 26.9. The minimum atomic E-state index is -0.470. The predicted octanol–water partition coefficient (Wildman–Crippen LogP) is 3.16. The second-order valence-electron chi connectivity index (χ2n) is 6.32. The van der Waals surface area contributed by atoms with Gasteiger partial charge < -0.3 is 14.5 Å². The number of carbonyl (C=O) groups is 2. The Kier molecular flexibility index (Phi) is 5.31. The Morgan fingerprint density at radius 3 is 2.36 bits per heavy atom. The molecule has 0 aliphatic carbocycles. The van der Waals surface area contributed by atoms with Gasteiger partial charge in [-0.15, -0.1) is 0 Å². The molecule has 1 heterocycles. The van der Waals surface area contributed by atoms with Crippen molar-refractivity contribution < 1.29 is 14.3 Å². The monoisotopic (exact) mass is 416 g/mol. The first-order valence-electron chi connectivity index (χ1n) is 7.27. The van der Waals surface area contributed by atoms with E-state index >= 15 is 0 Å². The Bertz CT molecular complexity index is 561. The molecule has 120 valence electrons. The van der Waals surface area contributed by atoms with Gasteiger partial charge in [-0.25, -0.2) is 4.79 Å². The number of benzene rings is 1. The Hall–Kier alpha value is -1.31. The summed E-state index contributed by atoms with van der Waals surface area (Å²) in [7, 11) is 0. The minimum absolute atomic E-state index is 0.261. The Morgan fingerprint density at radius 2 is 1.82 bits per heavy atom. The first-order chi connectivity index (χ1) is 10.3. The third kappa shape index (κ3) is 4.59. The van der Waals surface area contributed by atoms with Crippen LogP contribution in [0.15, 0.2) is 18.2 Å². The van der Waals surface area contributed by atoms with Crippen LogP contribution in [-0.4, -0.2) is 49.1 Å². The van der Waals surface area contributed by atoms with Crippen LogP contribution in [0.4, 0.5) is 10.5 Å². The zero-order valence-electron chi connectivity index (χ0n) is 13.1. The molecule has 1 aromatic carbocycles. The van der Waals surface area contributed by atoms with Crippen molar-refractivity contribution in [2.45, 2.75) is 26.4 Å². The van der Waals surface area contributed by atoms with Crippen molar-refractivity contribution in [3.63, 3.8) is 0 Å². The van der Waals surface area contributed by atoms with E-state index in [0.29, 0.717) is 18.7 Å². The first-order valence-corrected chi connectivity index (χ1v) is 8.35. The summed E-state index contributed by atoms with van der Waals surface area (Å²) in [6, 6.07) is 5.79. The number of carbonyl (C=O) groups excluding carboxylic acids is 2. The minimum Gasteiger partial charge on any atom is -0.444 e. The van der Waals surface area contributed by atoms with Gasteiger partial charge in [0.15, 0.2) is 0 Å². The lowest BCUT2D eigenvalue weighted by atomic mass is 10.2. The number of ether oxygens (including phenoxy) is 1. The van der Waals surface area contributed by atoms with Crippen molar-refractivity contribution in [3.05, 3.63) is 27.3 Å². The molecule has 0 atom stereocenters. The molecule has 0 aromatic heterocycles. The number of rotatable bonds is 2. The molecule has 1 aliphatic rings. The largest absolute Gasteiger partial charge is 0.444 e. The maximum Gasteiger partial charge on any atom is 0.410 e. The van der Waals surface area contributed by atoms with Gasteiger partial charge in [-0.3, -0.25) is 4.79 Å². The molecule has 0 N–H and O–H groups in total. The van der Waals surface area contributed by atoms with E-state index in [1.54, 1.807) is 4.90 Å². The highest BCUT2D eigenvalue weighted by Gasteiger charge is 2.26. The van der Waals surface area contributed by atoms with Gasteiger partial charge in [-0.05, 0) is 61.6 Å². The Labute approximate surface area is 144 Å². The van der Waals surface area contributed by atoms with Crippen molar-refractivity contribution in [2.75, 3.05) is 31.1 Å². The third-order valence-corrected chi connectivity index (χ3v) is 3.96. The second-order valence-corrected chi connectivity index (χ2v) is 7.56. The lowest BCUT2D eigenvalue weighted by Crippen LogP contribution is -2.50. The topological polar surface area (TPSA) is 49.9 Å². The van der Waals surface area contributed by atoms with Gasteiger partial charge in [0.05, 0.1) is 0 Å². The van der Waals surface area contributed by atoms with Gasteiger partial charge in [0.1, 0.15) is 11.9 Å². The molecule has 2 rings (SSSR count). The van der Waals surface area contributed by atoms with Gasteiger partial charge in [0.25, 0.3) is 0 Å². The molecule has 0 saturated carbocycles. The number of hydrogen-bond donors (Lipinski definition) is 0. The van der Waals surface area contributed by atoms with E-state index in [0.717, 1.165) is 28.6 Å². The predicted molar refractivity (Wildman–Crippen MR) is 94.6 cm³/mol. The first kappa shape index (κ1) is 17.1. The smallest absolute Gasteiger partial charge is 0.410 e. The number of aldehydes is 1. The lowest BCUT2D eigenvalue weighted by molar-refractivity contribution is 0.0240. The summed E-state index contributed by atoms with van der Waals surface area (Å²) >= 11 is 2.21. The van der Waals surface area contributed by atoms with Crippen molar-refractivity contribution in [1.82, 2.24) is 4.90 Å². The summed E-state index contributed by atoms with van der Waals surface area (Å²) in [6.45, 7) is 8.32. The number of hydrogen-bond acceptors (Lipinski definition) is 4. The third-order valence-electron chi connectivity index (χ3n) is 3.34. The van der Waals surface area contributed by atoms with Crippen LogP contribution in [-0.2, 0) is 4.74 Å². The van der Waals surface area contributed by atoms with Gasteiger partial charge in [0.2, 0.25) is 0 Å². The highest BCUT2D eigenvalue weighted by Crippen LogP contribution is 2.22. The standard InChI is InChI=1S/C16H21IN2O3/c1-16(2,3)22-15(21)19-6-4-18(5-7-19)14-9-12(11-20)8-13(17)10-14/h8-11H,4-7H2,1-3H3. The lowest BCUT2D eigenvalue weighted by Gasteiger charge is -2.36. The molecule has 1 fully saturated rings. The summed E-state index contributed by atoms with van der Waals surface area (Å²) in [5, 5.41) is 0. The quantitative estimate of drug-likeness (QED) is 0.549. The molecule has 0 bridgehead atoms. The molecule has 0 radical (unpaired) electrons. The van der Waals surface area contributed by atoms with Gasteiger partial charge in [0, 0.05) is 41.0 Å². The second kappa shape index (κ2) is 6.85. The average Bonchev–Trinajstić information content (AvgIpc) is 2.45. The fraction of sp³-hybridized carbons (Fsp3) is 0.500. The van der Waals surface area contributed by atoms with Crippen LogP contribution in [0.3, 0.4) is 0 Å². The number of piperazine rings is 1. The zero-order chi connectivity index (χ0) is 16.3. The number of anilines is 1. The summed E-state index contributed by atoms with van der Waals surface area (Å²) in [6.07, 6.45) is 0.603. The van der Waals surface area contributed by atoms with E-state index in [1.165, 1.54) is 0 Å². The fourth-order valence-corrected chi connectivity index (χ4v) is 3.00. The number of amides is 1. The maximum absolute atomic E-state index is 12.0. The SMILES string of the molecule is CC(C)(C)OC(=O)N1CCN(c2cc(I)cc(C=O)c2)CC1. The van der Waals surface area contributed by atoms with E-state index in [9.17, 15) is 9.59 Å². The van der Waals surface area contributed by atoms with Gasteiger partial charge >= 0.3 is 6.09 Å². The van der Waals surface area contributed by atoms with E-state index in [2.05, 4.69) is 33.6 Å². The molecular weight excluding hydrogens is 395 g/mol. The normalized spacial score (nSPS) is 15.6. The molecule has 22 heavy (non-hydrogen) atoms. The molecule has 1 aliphatic heterocycles. The molecule has 1 saturated heterocycles. The van der Waals surface area contributed by atoms with Crippen molar-refractivity contribution >= 4 is 40.7 Å². The molecule has 5 nitrogen and oxygen atoms in total. The summed E-state index contributed by atoms with van der Waals surface area (Å²) in [5.74, 6) is 0. The van der Waals surface area contributed by atoms with E-state index in [-0.39, 0.29) is 6.09 Å². The summed E-state index contributed by atoms with van der Waals surface area (Å²) in [5.41, 5.74) is 1.23. The van der Waals surface area contributed by atoms with Crippen LogP contribution in [0.1, 0.15) is 31.1 Å². The maximum atomic E-state index is 12.0. The Morgan fingerprint density at radius 1 is 1.18 bits per heavy atom. The van der Waals surface area contributed by atoms with Crippen LogP contribution in [0.25, 0.3) is 0 Å². The molecule has 1 aromatic rings. The molecule has 0 unspecified atom stereocenters. The average molecular weight is 416 g/mol. The fourth-order valence-electron chi connectivity index (χ4n) is 2.32. The van der Waals surface area contributed by atoms with E-state index in [1.807, 2.05) is 32.9 Å². The zero-order valence-corrected chi connectivity index (χ0v) is 15.3. The van der Waals surface area contributed by atoms with E-state index in [4.69, 9.17) is 4.74 Å². The van der Waals surface area contributed by atoms with E-state index < -0.39 is 5.60 Å². The van der Waals surface area contributed by atoms with Crippen LogP contribution >= 0.6 is 22.6 Å². The van der Waals surface area contributed by atoms with Crippen LogP contribution < -0.4 is 4.90 Å². The number of halogens is 1. The van der Waals surface area contributed by atoms with Gasteiger partial charge in [-0.1, -0.05) is 0 Å². The van der Waals surface area contributed by atoms with Crippen LogP contribution in [0.2, 0.25) is 0 Å². The highest BCUT2D eigenvalue weighted by atomic mass is 127. The van der Waals surface area contributed by atoms with Crippen molar-refractivity contribution in [2.24, 2.45) is 0 Å². The van der Waals surface area contributed by atoms with Crippen molar-refractivity contribution in [3.8, 4) is 0 Å². The molecular formula is C16H21IN2O3. The molecule has 6 heteroatoms. The van der Waals surface area contributed by atoms with Crippen LogP contribution in [0.5, 0.6) is 0 Å². The van der Waals surface area contributed by atoms with Crippen LogP contribution in [0, 0.1) is 3.57 Å². The molecule has 1 amide bonds.